The molecule has 0 spiro atoms. The molecule has 1 amide bonds. The van der Waals surface area contributed by atoms with Crippen LogP contribution in [0, 0.1) is 20.8 Å². The van der Waals surface area contributed by atoms with Crippen LogP contribution >= 0.6 is 0 Å². The molecule has 0 aliphatic carbocycles. The third-order valence-electron chi connectivity index (χ3n) is 4.31. The summed E-state index contributed by atoms with van der Waals surface area (Å²) < 4.78 is 31.5. The lowest BCUT2D eigenvalue weighted by molar-refractivity contribution is -0.116. The number of nitrogens with one attached hydrogen (secondary N) is 1. The Bertz CT molecular complexity index is 954. The molecule has 2 aromatic carbocycles. The molecule has 0 bridgehead atoms. The lowest BCUT2D eigenvalue weighted by Gasteiger charge is -2.29. The van der Waals surface area contributed by atoms with Gasteiger partial charge in [-0.05, 0) is 62.6 Å². The fourth-order valence-electron chi connectivity index (χ4n) is 2.86. The van der Waals surface area contributed by atoms with E-state index in [0.29, 0.717) is 17.1 Å². The van der Waals surface area contributed by atoms with Gasteiger partial charge < -0.3 is 10.1 Å². The number of carbonyl (C=O) groups is 1. The maximum absolute atomic E-state index is 12.9. The second kappa shape index (κ2) is 8.00. The first-order valence-corrected chi connectivity index (χ1v) is 10.4. The number of rotatable bonds is 6. The van der Waals surface area contributed by atoms with Crippen molar-refractivity contribution in [3.63, 3.8) is 0 Å². The molecule has 0 aromatic heterocycles. The molecule has 0 aliphatic heterocycles. The van der Waals surface area contributed by atoms with E-state index in [9.17, 15) is 13.2 Å². The molecular weight excluding hydrogens is 364 g/mol. The van der Waals surface area contributed by atoms with Crippen molar-refractivity contribution < 1.29 is 17.9 Å². The van der Waals surface area contributed by atoms with Crippen LogP contribution in [0.25, 0.3) is 0 Å². The van der Waals surface area contributed by atoms with E-state index in [2.05, 4.69) is 5.32 Å². The Morgan fingerprint density at radius 1 is 1.07 bits per heavy atom. The molecule has 2 aromatic rings. The van der Waals surface area contributed by atoms with Crippen molar-refractivity contribution in [3.05, 3.63) is 53.1 Å². The predicted octanol–water partition coefficient (Wildman–Crippen LogP) is 3.41. The first-order valence-electron chi connectivity index (χ1n) is 8.56. The molecule has 6 nitrogen and oxygen atoms in total. The molecule has 0 saturated heterocycles. The monoisotopic (exact) mass is 390 g/mol. The third kappa shape index (κ3) is 4.80. The minimum absolute atomic E-state index is 0.337. The fourth-order valence-corrected chi connectivity index (χ4v) is 4.03. The lowest BCUT2D eigenvalue weighted by atomic mass is 10.1. The number of hydrogen-bond donors (Lipinski definition) is 1. The van der Waals surface area contributed by atoms with Crippen molar-refractivity contribution in [1.29, 1.82) is 0 Å². The first-order chi connectivity index (χ1) is 12.5. The van der Waals surface area contributed by atoms with Crippen LogP contribution in [0.5, 0.6) is 5.75 Å². The quantitative estimate of drug-likeness (QED) is 0.820. The van der Waals surface area contributed by atoms with Gasteiger partial charge in [-0.3, -0.25) is 9.10 Å². The van der Waals surface area contributed by atoms with Crippen LogP contribution in [0.15, 0.2) is 36.4 Å². The van der Waals surface area contributed by atoms with Gasteiger partial charge in [0, 0.05) is 5.69 Å². The van der Waals surface area contributed by atoms with Gasteiger partial charge in [0.25, 0.3) is 0 Å². The van der Waals surface area contributed by atoms with E-state index >= 15 is 0 Å². The Hall–Kier alpha value is -2.54. The smallest absolute Gasteiger partial charge is 0.248 e. The summed E-state index contributed by atoms with van der Waals surface area (Å²) in [6.07, 6.45) is 1.08. The van der Waals surface area contributed by atoms with Crippen LogP contribution in [-0.2, 0) is 14.8 Å². The normalized spacial score (nSPS) is 12.4. The summed E-state index contributed by atoms with van der Waals surface area (Å²) in [7, 11) is -2.26. The predicted molar refractivity (Wildman–Crippen MR) is 109 cm³/mol. The molecule has 0 aliphatic rings. The van der Waals surface area contributed by atoms with E-state index in [1.54, 1.807) is 19.1 Å². The summed E-state index contributed by atoms with van der Waals surface area (Å²) in [5.41, 5.74) is 3.77. The summed E-state index contributed by atoms with van der Waals surface area (Å²) in [4.78, 5) is 12.9. The van der Waals surface area contributed by atoms with E-state index in [1.165, 1.54) is 7.11 Å². The highest BCUT2D eigenvalue weighted by molar-refractivity contribution is 7.92. The van der Waals surface area contributed by atoms with Crippen LogP contribution in [0.2, 0.25) is 0 Å². The number of anilines is 2. The van der Waals surface area contributed by atoms with Crippen LogP contribution in [0.1, 0.15) is 23.6 Å². The number of ether oxygens (including phenoxy) is 1. The van der Waals surface area contributed by atoms with Crippen molar-refractivity contribution in [2.45, 2.75) is 33.7 Å². The summed E-state index contributed by atoms with van der Waals surface area (Å²) >= 11 is 0. The Labute approximate surface area is 161 Å². The highest BCUT2D eigenvalue weighted by Gasteiger charge is 2.31. The van der Waals surface area contributed by atoms with Gasteiger partial charge in [0.2, 0.25) is 15.9 Å². The molecular formula is C20H26N2O4S. The Morgan fingerprint density at radius 2 is 1.67 bits per heavy atom. The minimum Gasteiger partial charge on any atom is -0.495 e. The molecule has 146 valence electrons. The van der Waals surface area contributed by atoms with Gasteiger partial charge >= 0.3 is 0 Å². The van der Waals surface area contributed by atoms with Gasteiger partial charge in [0.05, 0.1) is 19.1 Å². The number of aryl methyl sites for hydroxylation is 3. The number of methoxy groups -OCH3 is 1. The maximum Gasteiger partial charge on any atom is 0.248 e. The summed E-state index contributed by atoms with van der Waals surface area (Å²) in [6, 6.07) is 9.97. The van der Waals surface area contributed by atoms with Gasteiger partial charge in [-0.1, -0.05) is 18.2 Å². The largest absolute Gasteiger partial charge is 0.495 e. The minimum atomic E-state index is -3.73. The summed E-state index contributed by atoms with van der Waals surface area (Å²) in [6.45, 7) is 7.23. The first kappa shape index (κ1) is 20.8. The van der Waals surface area contributed by atoms with Crippen molar-refractivity contribution in [1.82, 2.24) is 0 Å². The zero-order valence-corrected chi connectivity index (χ0v) is 17.3. The highest BCUT2D eigenvalue weighted by atomic mass is 32.2. The van der Waals surface area contributed by atoms with Crippen LogP contribution < -0.4 is 14.4 Å². The van der Waals surface area contributed by atoms with Crippen molar-refractivity contribution in [3.8, 4) is 5.75 Å². The number of benzene rings is 2. The molecule has 1 N–H and O–H groups in total. The summed E-state index contributed by atoms with van der Waals surface area (Å²) in [5, 5.41) is 2.84. The fraction of sp³-hybridized carbons (Fsp3) is 0.350. The molecule has 0 heterocycles. The standard InChI is InChI=1S/C20H26N2O4S/c1-13-7-9-15(3)17(11-13)21-20(23)16(4)22(27(6,24)25)18-12-14(2)8-10-19(18)26-5/h7-12,16H,1-6H3,(H,21,23)/t16-/m0/s1. The van der Waals surface area contributed by atoms with Crippen molar-refractivity contribution in [2.24, 2.45) is 0 Å². The second-order valence-corrected chi connectivity index (χ2v) is 8.58. The number of amides is 1. The number of hydrogen-bond acceptors (Lipinski definition) is 4. The molecule has 1 atom stereocenters. The molecule has 0 saturated carbocycles. The highest BCUT2D eigenvalue weighted by Crippen LogP contribution is 2.33. The van der Waals surface area contributed by atoms with E-state index in [0.717, 1.165) is 27.3 Å². The van der Waals surface area contributed by atoms with Crippen molar-refractivity contribution in [2.75, 3.05) is 23.0 Å². The molecule has 7 heteroatoms. The van der Waals surface area contributed by atoms with Gasteiger partial charge in [-0.15, -0.1) is 0 Å². The number of sulfonamides is 1. The van der Waals surface area contributed by atoms with Gasteiger partial charge in [-0.25, -0.2) is 8.42 Å². The van der Waals surface area contributed by atoms with Gasteiger partial charge in [0.15, 0.2) is 0 Å². The SMILES string of the molecule is COc1ccc(C)cc1N([C@@H](C)C(=O)Nc1cc(C)ccc1C)S(C)(=O)=O. The average molecular weight is 391 g/mol. The van der Waals surface area contributed by atoms with Crippen LogP contribution in [-0.4, -0.2) is 33.7 Å². The lowest BCUT2D eigenvalue weighted by Crippen LogP contribution is -2.45. The van der Waals surface area contributed by atoms with Crippen LogP contribution in [0.4, 0.5) is 11.4 Å². The van der Waals surface area contributed by atoms with Gasteiger partial charge in [0.1, 0.15) is 11.8 Å². The van der Waals surface area contributed by atoms with Gasteiger partial charge in [-0.2, -0.15) is 0 Å². The Kier molecular flexibility index (Phi) is 6.15. The Balaban J connectivity index is 2.44. The molecule has 0 radical (unpaired) electrons. The van der Waals surface area contributed by atoms with E-state index in [1.807, 2.05) is 45.0 Å². The van der Waals surface area contributed by atoms with Crippen molar-refractivity contribution >= 4 is 27.3 Å². The topological polar surface area (TPSA) is 75.7 Å². The van der Waals surface area contributed by atoms with E-state index in [-0.39, 0.29) is 0 Å². The van der Waals surface area contributed by atoms with E-state index < -0.39 is 22.0 Å². The van der Waals surface area contributed by atoms with E-state index in [4.69, 9.17) is 4.74 Å². The second-order valence-electron chi connectivity index (χ2n) is 6.72. The summed E-state index contributed by atoms with van der Waals surface area (Å²) in [5.74, 6) is -0.0323. The maximum atomic E-state index is 12.9. The molecule has 0 fully saturated rings. The molecule has 2 rings (SSSR count). The number of carbonyl (C=O) groups excluding carboxylic acids is 1. The van der Waals surface area contributed by atoms with Crippen LogP contribution in [0.3, 0.4) is 0 Å². The Morgan fingerprint density at radius 3 is 2.26 bits per heavy atom. The molecule has 0 unspecified atom stereocenters. The number of nitrogens with zero attached hydrogens (tertiary/aromatic N) is 1. The zero-order chi connectivity index (χ0) is 20.4. The zero-order valence-electron chi connectivity index (χ0n) is 16.5. The average Bonchev–Trinajstić information content (AvgIpc) is 2.57. The molecule has 27 heavy (non-hydrogen) atoms. The third-order valence-corrected chi connectivity index (χ3v) is 5.54.